The maximum absolute atomic E-state index is 13.6. The Morgan fingerprint density at radius 3 is 2.57 bits per heavy atom. The van der Waals surface area contributed by atoms with Gasteiger partial charge in [-0.3, -0.25) is 0 Å². The lowest BCUT2D eigenvalue weighted by atomic mass is 9.92. The molecular formula is C17H22F3N3. The molecule has 1 aromatic carbocycles. The van der Waals surface area contributed by atoms with Gasteiger partial charge in [0.2, 0.25) is 0 Å². The second kappa shape index (κ2) is 5.74. The number of alkyl halides is 3. The highest BCUT2D eigenvalue weighted by Crippen LogP contribution is 2.41. The van der Waals surface area contributed by atoms with Crippen molar-refractivity contribution in [2.75, 3.05) is 25.0 Å². The molecule has 1 N–H and O–H groups in total. The van der Waals surface area contributed by atoms with E-state index in [0.29, 0.717) is 23.4 Å². The fourth-order valence-electron chi connectivity index (χ4n) is 3.25. The Morgan fingerprint density at radius 1 is 1.22 bits per heavy atom. The predicted octanol–water partition coefficient (Wildman–Crippen LogP) is 3.66. The van der Waals surface area contributed by atoms with Crippen molar-refractivity contribution in [1.82, 2.24) is 10.4 Å². The fraction of sp³-hybridized carbons (Fsp3) is 0.529. The second-order valence-electron chi connectivity index (χ2n) is 6.54. The maximum Gasteiger partial charge on any atom is 0.417 e. The lowest BCUT2D eigenvalue weighted by molar-refractivity contribution is -0.137. The Hall–Kier alpha value is -1.69. The summed E-state index contributed by atoms with van der Waals surface area (Å²) in [7, 11) is 1.86. The van der Waals surface area contributed by atoms with Crippen molar-refractivity contribution in [2.24, 2.45) is 0 Å². The van der Waals surface area contributed by atoms with E-state index in [1.54, 1.807) is 12.3 Å². The van der Waals surface area contributed by atoms with Crippen LogP contribution in [-0.4, -0.2) is 31.2 Å². The van der Waals surface area contributed by atoms with E-state index in [2.05, 4.69) is 5.43 Å². The van der Waals surface area contributed by atoms with E-state index >= 15 is 0 Å². The minimum Gasteiger partial charge on any atom is -0.374 e. The molecule has 126 valence electrons. The van der Waals surface area contributed by atoms with Crippen molar-refractivity contribution in [2.45, 2.75) is 38.9 Å². The van der Waals surface area contributed by atoms with Crippen molar-refractivity contribution in [1.29, 1.82) is 0 Å². The molecule has 6 heteroatoms. The highest BCUT2D eigenvalue weighted by molar-refractivity contribution is 5.75. The van der Waals surface area contributed by atoms with Crippen LogP contribution in [0.2, 0.25) is 0 Å². The maximum atomic E-state index is 13.6. The lowest BCUT2D eigenvalue weighted by Crippen LogP contribution is -2.34. The number of anilines is 1. The van der Waals surface area contributed by atoms with Gasteiger partial charge < -0.3 is 9.91 Å². The molecule has 3 nitrogen and oxygen atoms in total. The van der Waals surface area contributed by atoms with Gasteiger partial charge in [0.05, 0.1) is 5.56 Å². The molecule has 2 heterocycles. The van der Waals surface area contributed by atoms with Crippen LogP contribution in [0.25, 0.3) is 5.57 Å². The number of rotatable bonds is 2. The number of aryl methyl sites for hydroxylation is 1. The van der Waals surface area contributed by atoms with Gasteiger partial charge in [-0.05, 0) is 55.5 Å². The number of hydrogen-bond acceptors (Lipinski definition) is 3. The van der Waals surface area contributed by atoms with Gasteiger partial charge in [-0.25, -0.2) is 5.43 Å². The Morgan fingerprint density at radius 2 is 1.96 bits per heavy atom. The Balaban J connectivity index is 2.10. The van der Waals surface area contributed by atoms with E-state index in [-0.39, 0.29) is 6.04 Å². The Kier molecular flexibility index (Phi) is 4.04. The SMILES string of the molecule is CC(C)N1C=C(c2cc3c(cc2C(F)(F)F)N(C)CCC3)CN1. The standard InChI is InChI=1S/C17H22F3N3/c1-11(2)23-10-13(9-21-23)14-7-12-5-4-6-22(3)16(12)8-15(14)17(18,19)20/h7-8,10-11,21H,4-6,9H2,1-3H3. The summed E-state index contributed by atoms with van der Waals surface area (Å²) in [5.41, 5.74) is 5.31. The molecule has 0 amide bonds. The first-order valence-corrected chi connectivity index (χ1v) is 7.95. The van der Waals surface area contributed by atoms with Crippen molar-refractivity contribution in [3.63, 3.8) is 0 Å². The fourth-order valence-corrected chi connectivity index (χ4v) is 3.25. The minimum atomic E-state index is -4.35. The van der Waals surface area contributed by atoms with Crippen LogP contribution in [0, 0.1) is 0 Å². The second-order valence-corrected chi connectivity index (χ2v) is 6.54. The molecule has 23 heavy (non-hydrogen) atoms. The summed E-state index contributed by atoms with van der Waals surface area (Å²) < 4.78 is 40.7. The average molecular weight is 325 g/mol. The normalized spacial score (nSPS) is 18.5. The zero-order chi connectivity index (χ0) is 16.8. The Labute approximate surface area is 134 Å². The van der Waals surface area contributed by atoms with Gasteiger partial charge in [-0.2, -0.15) is 13.2 Å². The van der Waals surface area contributed by atoms with Crippen molar-refractivity contribution in [3.8, 4) is 0 Å². The van der Waals surface area contributed by atoms with E-state index in [0.717, 1.165) is 24.9 Å². The van der Waals surface area contributed by atoms with Gasteiger partial charge >= 0.3 is 6.18 Å². The van der Waals surface area contributed by atoms with Crippen LogP contribution in [0.1, 0.15) is 37.0 Å². The number of hydrogen-bond donors (Lipinski definition) is 1. The van der Waals surface area contributed by atoms with E-state index in [1.807, 2.05) is 30.8 Å². The quantitative estimate of drug-likeness (QED) is 0.895. The highest BCUT2D eigenvalue weighted by atomic mass is 19.4. The zero-order valence-electron chi connectivity index (χ0n) is 13.7. The van der Waals surface area contributed by atoms with Gasteiger partial charge in [-0.1, -0.05) is 0 Å². The van der Waals surface area contributed by atoms with Gasteiger partial charge in [0, 0.05) is 38.1 Å². The van der Waals surface area contributed by atoms with Crippen LogP contribution in [0.4, 0.5) is 18.9 Å². The summed E-state index contributed by atoms with van der Waals surface area (Å²) in [6, 6.07) is 3.26. The van der Waals surface area contributed by atoms with Crippen LogP contribution in [0.3, 0.4) is 0 Å². The summed E-state index contributed by atoms with van der Waals surface area (Å²) in [6.07, 6.45) is -0.744. The number of hydrazine groups is 1. The third-order valence-corrected chi connectivity index (χ3v) is 4.52. The zero-order valence-corrected chi connectivity index (χ0v) is 13.7. The third-order valence-electron chi connectivity index (χ3n) is 4.52. The van der Waals surface area contributed by atoms with Crippen molar-refractivity contribution >= 4 is 11.3 Å². The van der Waals surface area contributed by atoms with Crippen LogP contribution in [0.5, 0.6) is 0 Å². The monoisotopic (exact) mass is 325 g/mol. The molecule has 2 aliphatic heterocycles. The van der Waals surface area contributed by atoms with Crippen LogP contribution in [0.15, 0.2) is 18.3 Å². The van der Waals surface area contributed by atoms with Crippen molar-refractivity contribution < 1.29 is 13.2 Å². The van der Waals surface area contributed by atoms with E-state index in [9.17, 15) is 13.2 Å². The van der Waals surface area contributed by atoms with Gasteiger partial charge in [-0.15, -0.1) is 0 Å². The molecule has 0 unspecified atom stereocenters. The molecule has 3 rings (SSSR count). The molecule has 0 aromatic heterocycles. The van der Waals surface area contributed by atoms with Crippen LogP contribution in [-0.2, 0) is 12.6 Å². The first kappa shape index (κ1) is 16.2. The molecule has 0 atom stereocenters. The topological polar surface area (TPSA) is 18.5 Å². The molecule has 0 fully saturated rings. The summed E-state index contributed by atoms with van der Waals surface area (Å²) in [4.78, 5) is 1.92. The number of nitrogens with zero attached hydrogens (tertiary/aromatic N) is 2. The first-order valence-electron chi connectivity index (χ1n) is 7.95. The average Bonchev–Trinajstić information content (AvgIpc) is 2.95. The molecule has 0 spiro atoms. The predicted molar refractivity (Wildman–Crippen MR) is 86.0 cm³/mol. The summed E-state index contributed by atoms with van der Waals surface area (Å²) in [5, 5.41) is 1.86. The molecule has 0 saturated carbocycles. The van der Waals surface area contributed by atoms with E-state index < -0.39 is 11.7 Å². The summed E-state index contributed by atoms with van der Waals surface area (Å²) in [6.45, 7) is 5.22. The van der Waals surface area contributed by atoms with Gasteiger partial charge in [0.25, 0.3) is 0 Å². The molecule has 1 aromatic rings. The van der Waals surface area contributed by atoms with Crippen LogP contribution < -0.4 is 10.3 Å². The molecular weight excluding hydrogens is 303 g/mol. The minimum absolute atomic E-state index is 0.200. The molecule has 2 aliphatic rings. The molecule has 0 radical (unpaired) electrons. The smallest absolute Gasteiger partial charge is 0.374 e. The summed E-state index contributed by atoms with van der Waals surface area (Å²) in [5.74, 6) is 0. The highest BCUT2D eigenvalue weighted by Gasteiger charge is 2.36. The molecule has 0 aliphatic carbocycles. The number of benzene rings is 1. The largest absolute Gasteiger partial charge is 0.417 e. The van der Waals surface area contributed by atoms with Gasteiger partial charge in [0.1, 0.15) is 0 Å². The van der Waals surface area contributed by atoms with Crippen molar-refractivity contribution in [3.05, 3.63) is 35.0 Å². The number of nitrogens with one attached hydrogen (secondary N) is 1. The van der Waals surface area contributed by atoms with Crippen LogP contribution >= 0.6 is 0 Å². The van der Waals surface area contributed by atoms with Gasteiger partial charge in [0.15, 0.2) is 0 Å². The lowest BCUT2D eigenvalue weighted by Gasteiger charge is -2.29. The summed E-state index contributed by atoms with van der Waals surface area (Å²) >= 11 is 0. The van der Waals surface area contributed by atoms with E-state index in [4.69, 9.17) is 0 Å². The molecule has 0 bridgehead atoms. The third kappa shape index (κ3) is 3.04. The number of fused-ring (bicyclic) bond motifs is 1. The Bertz CT molecular complexity index is 635. The number of halogens is 3. The molecule has 0 saturated heterocycles. The van der Waals surface area contributed by atoms with E-state index in [1.165, 1.54) is 6.07 Å². The first-order chi connectivity index (χ1) is 10.8.